The molecule has 18 heavy (non-hydrogen) atoms. The van der Waals surface area contributed by atoms with Gasteiger partial charge in [-0.05, 0) is 30.3 Å². The molecular weight excluding hydrogens is 262 g/mol. The normalized spacial score (nSPS) is 10.2. The summed E-state index contributed by atoms with van der Waals surface area (Å²) in [5, 5.41) is 0.351. The Kier molecular flexibility index (Phi) is 3.58. The molecule has 2 rings (SSSR count). The summed E-state index contributed by atoms with van der Waals surface area (Å²) in [7, 11) is 0. The molecule has 2 nitrogen and oxygen atoms in total. The number of rotatable bonds is 3. The van der Waals surface area contributed by atoms with Crippen LogP contribution in [0.3, 0.4) is 0 Å². The number of carbonyl (C=O) groups excluding carboxylic acids is 1. The van der Waals surface area contributed by atoms with Crippen molar-refractivity contribution < 1.29 is 18.3 Å². The zero-order valence-electron chi connectivity index (χ0n) is 8.99. The fourth-order valence-corrected chi connectivity index (χ4v) is 1.57. The van der Waals surface area contributed by atoms with Gasteiger partial charge < -0.3 is 4.74 Å². The van der Waals surface area contributed by atoms with Crippen LogP contribution in [0.15, 0.2) is 36.4 Å². The number of halogens is 3. The molecule has 0 heterocycles. The molecule has 0 amide bonds. The van der Waals surface area contributed by atoms with Gasteiger partial charge in [0.05, 0.1) is 5.56 Å². The summed E-state index contributed by atoms with van der Waals surface area (Å²) in [6, 6.07) is 7.83. The van der Waals surface area contributed by atoms with Crippen LogP contribution in [0.2, 0.25) is 5.02 Å². The molecule has 0 bridgehead atoms. The molecule has 0 aliphatic heterocycles. The van der Waals surface area contributed by atoms with Crippen LogP contribution in [-0.2, 0) is 0 Å². The van der Waals surface area contributed by atoms with E-state index in [9.17, 15) is 13.6 Å². The summed E-state index contributed by atoms with van der Waals surface area (Å²) in [6.07, 6.45) is 0.526. The molecule has 2 aromatic carbocycles. The molecule has 0 aliphatic rings. The van der Waals surface area contributed by atoms with Crippen molar-refractivity contribution in [3.05, 3.63) is 58.6 Å². The lowest BCUT2D eigenvalue weighted by atomic mass is 10.2. The van der Waals surface area contributed by atoms with E-state index in [1.54, 1.807) is 0 Å². The van der Waals surface area contributed by atoms with Crippen molar-refractivity contribution in [1.82, 2.24) is 0 Å². The first kappa shape index (κ1) is 12.5. The molecule has 0 unspecified atom stereocenters. The Hall–Kier alpha value is -1.94. The molecule has 0 aliphatic carbocycles. The van der Waals surface area contributed by atoms with Gasteiger partial charge in [-0.2, -0.15) is 4.39 Å². The summed E-state index contributed by atoms with van der Waals surface area (Å²) >= 11 is 5.71. The zero-order chi connectivity index (χ0) is 13.1. The highest BCUT2D eigenvalue weighted by Gasteiger charge is 2.12. The van der Waals surface area contributed by atoms with Crippen molar-refractivity contribution in [3.63, 3.8) is 0 Å². The van der Waals surface area contributed by atoms with E-state index in [1.165, 1.54) is 30.3 Å². The number of hydrogen-bond acceptors (Lipinski definition) is 2. The van der Waals surface area contributed by atoms with Gasteiger partial charge in [-0.15, -0.1) is 0 Å². The lowest BCUT2D eigenvalue weighted by molar-refractivity contribution is 0.112. The van der Waals surface area contributed by atoms with Crippen LogP contribution < -0.4 is 4.74 Å². The second-order valence-corrected chi connectivity index (χ2v) is 3.89. The summed E-state index contributed by atoms with van der Waals surface area (Å²) in [5.74, 6) is -2.31. The highest BCUT2D eigenvalue weighted by molar-refractivity contribution is 6.30. The van der Waals surface area contributed by atoms with Gasteiger partial charge in [0.2, 0.25) is 5.82 Å². The van der Waals surface area contributed by atoms with Crippen molar-refractivity contribution in [3.8, 4) is 11.5 Å². The number of carbonyl (C=O) groups is 1. The van der Waals surface area contributed by atoms with Crippen molar-refractivity contribution in [2.24, 2.45) is 0 Å². The first-order valence-corrected chi connectivity index (χ1v) is 5.36. The Morgan fingerprint density at radius 2 is 1.89 bits per heavy atom. The lowest BCUT2D eigenvalue weighted by Gasteiger charge is -2.09. The van der Waals surface area contributed by atoms with E-state index in [0.717, 1.165) is 6.07 Å². The average molecular weight is 269 g/mol. The van der Waals surface area contributed by atoms with Crippen LogP contribution in [0.1, 0.15) is 10.4 Å². The van der Waals surface area contributed by atoms with E-state index >= 15 is 0 Å². The highest BCUT2D eigenvalue weighted by Crippen LogP contribution is 2.29. The minimum Gasteiger partial charge on any atom is -0.453 e. The van der Waals surface area contributed by atoms with Gasteiger partial charge in [-0.1, -0.05) is 17.7 Å². The molecule has 92 valence electrons. The summed E-state index contributed by atoms with van der Waals surface area (Å²) < 4.78 is 31.5. The Morgan fingerprint density at radius 3 is 2.61 bits per heavy atom. The van der Waals surface area contributed by atoms with E-state index < -0.39 is 11.6 Å². The Bertz CT molecular complexity index is 600. The third-order valence-corrected chi connectivity index (χ3v) is 2.47. The summed E-state index contributed by atoms with van der Waals surface area (Å²) in [4.78, 5) is 10.8. The van der Waals surface area contributed by atoms with Gasteiger partial charge in [0, 0.05) is 5.02 Å². The van der Waals surface area contributed by atoms with Gasteiger partial charge in [-0.25, -0.2) is 4.39 Å². The molecule has 0 spiro atoms. The Balaban J connectivity index is 2.40. The molecule has 0 aromatic heterocycles. The largest absolute Gasteiger partial charge is 0.453 e. The van der Waals surface area contributed by atoms with Gasteiger partial charge in [0.1, 0.15) is 5.75 Å². The standard InChI is InChI=1S/C13H7ClF2O2/c14-9-4-5-11(8(6-9)7-17)18-12-3-1-2-10(15)13(12)16/h1-7H. The van der Waals surface area contributed by atoms with E-state index in [0.29, 0.717) is 11.3 Å². The van der Waals surface area contributed by atoms with Gasteiger partial charge in [-0.3, -0.25) is 4.79 Å². The zero-order valence-corrected chi connectivity index (χ0v) is 9.75. The molecule has 0 fully saturated rings. The van der Waals surface area contributed by atoms with Crippen molar-refractivity contribution >= 4 is 17.9 Å². The van der Waals surface area contributed by atoms with Crippen molar-refractivity contribution in [1.29, 1.82) is 0 Å². The maximum atomic E-state index is 13.4. The van der Waals surface area contributed by atoms with E-state index in [4.69, 9.17) is 16.3 Å². The van der Waals surface area contributed by atoms with E-state index in [1.807, 2.05) is 0 Å². The van der Waals surface area contributed by atoms with Crippen LogP contribution in [0.4, 0.5) is 8.78 Å². The first-order valence-electron chi connectivity index (χ1n) is 4.98. The van der Waals surface area contributed by atoms with Crippen LogP contribution in [0.5, 0.6) is 11.5 Å². The monoisotopic (exact) mass is 268 g/mol. The van der Waals surface area contributed by atoms with Crippen molar-refractivity contribution in [2.75, 3.05) is 0 Å². The highest BCUT2D eigenvalue weighted by atomic mass is 35.5. The second kappa shape index (κ2) is 5.14. The lowest BCUT2D eigenvalue weighted by Crippen LogP contribution is -1.94. The smallest absolute Gasteiger partial charge is 0.201 e. The topological polar surface area (TPSA) is 26.3 Å². The number of ether oxygens (including phenoxy) is 1. The second-order valence-electron chi connectivity index (χ2n) is 3.45. The molecular formula is C13H7ClF2O2. The Labute approximate surface area is 107 Å². The quantitative estimate of drug-likeness (QED) is 0.779. The Morgan fingerprint density at radius 1 is 1.11 bits per heavy atom. The number of benzene rings is 2. The fraction of sp³-hybridized carbons (Fsp3) is 0. The minimum atomic E-state index is -1.11. The predicted octanol–water partition coefficient (Wildman–Crippen LogP) is 4.22. The maximum absolute atomic E-state index is 13.4. The van der Waals surface area contributed by atoms with E-state index in [2.05, 4.69) is 0 Å². The number of hydrogen-bond donors (Lipinski definition) is 0. The molecule has 0 radical (unpaired) electrons. The van der Waals surface area contributed by atoms with Gasteiger partial charge >= 0.3 is 0 Å². The fourth-order valence-electron chi connectivity index (χ4n) is 1.39. The summed E-state index contributed by atoms with van der Waals surface area (Å²) in [6.45, 7) is 0. The van der Waals surface area contributed by atoms with Crippen molar-refractivity contribution in [2.45, 2.75) is 0 Å². The van der Waals surface area contributed by atoms with Crippen LogP contribution in [0.25, 0.3) is 0 Å². The summed E-state index contributed by atoms with van der Waals surface area (Å²) in [5.41, 5.74) is 0.158. The third-order valence-electron chi connectivity index (χ3n) is 2.23. The van der Waals surface area contributed by atoms with E-state index in [-0.39, 0.29) is 17.1 Å². The van der Waals surface area contributed by atoms with Crippen LogP contribution in [-0.4, -0.2) is 6.29 Å². The minimum absolute atomic E-state index is 0.110. The molecule has 2 aromatic rings. The van der Waals surface area contributed by atoms with Crippen LogP contribution >= 0.6 is 11.6 Å². The number of aldehydes is 1. The molecule has 5 heteroatoms. The third kappa shape index (κ3) is 2.49. The predicted molar refractivity (Wildman–Crippen MR) is 63.3 cm³/mol. The average Bonchev–Trinajstić information content (AvgIpc) is 2.37. The molecule has 0 N–H and O–H groups in total. The first-order chi connectivity index (χ1) is 8.61. The van der Waals surface area contributed by atoms with Crippen LogP contribution in [0, 0.1) is 11.6 Å². The maximum Gasteiger partial charge on any atom is 0.201 e. The molecule has 0 atom stereocenters. The van der Waals surface area contributed by atoms with Gasteiger partial charge in [0.15, 0.2) is 17.9 Å². The molecule has 0 saturated heterocycles. The molecule has 0 saturated carbocycles. The van der Waals surface area contributed by atoms with Gasteiger partial charge in [0.25, 0.3) is 0 Å². The SMILES string of the molecule is O=Cc1cc(Cl)ccc1Oc1cccc(F)c1F.